The minimum atomic E-state index is -0.168. The van der Waals surface area contributed by atoms with Gasteiger partial charge in [0.05, 0.1) is 5.69 Å². The molecule has 0 bridgehead atoms. The van der Waals surface area contributed by atoms with Crippen molar-refractivity contribution in [2.24, 2.45) is 11.7 Å². The predicted molar refractivity (Wildman–Crippen MR) is 77.4 cm³/mol. The van der Waals surface area contributed by atoms with Crippen molar-refractivity contribution < 1.29 is 0 Å². The third-order valence-electron chi connectivity index (χ3n) is 4.17. The zero-order chi connectivity index (χ0) is 14.0. The van der Waals surface area contributed by atoms with Gasteiger partial charge in [0.2, 0.25) is 0 Å². The molecule has 0 amide bonds. The van der Waals surface area contributed by atoms with Gasteiger partial charge in [0.1, 0.15) is 0 Å². The smallest absolute Gasteiger partial charge is 0.158 e. The van der Waals surface area contributed by atoms with Crippen molar-refractivity contribution in [3.63, 3.8) is 0 Å². The summed E-state index contributed by atoms with van der Waals surface area (Å²) in [4.78, 5) is 0. The first kappa shape index (κ1) is 13.2. The maximum Gasteiger partial charge on any atom is 0.158 e. The summed E-state index contributed by atoms with van der Waals surface area (Å²) >= 11 is 0. The van der Waals surface area contributed by atoms with Gasteiger partial charge in [0, 0.05) is 12.0 Å². The molecule has 2 unspecified atom stereocenters. The van der Waals surface area contributed by atoms with Gasteiger partial charge in [0.25, 0.3) is 0 Å². The van der Waals surface area contributed by atoms with Crippen LogP contribution in [0.5, 0.6) is 0 Å². The molecule has 5 nitrogen and oxygen atoms in total. The van der Waals surface area contributed by atoms with Crippen LogP contribution in [0.1, 0.15) is 38.4 Å². The number of rotatable bonds is 3. The Hall–Kier alpha value is -1.75. The van der Waals surface area contributed by atoms with Crippen molar-refractivity contribution in [1.29, 1.82) is 0 Å². The summed E-state index contributed by atoms with van der Waals surface area (Å²) in [5.74, 6) is 1.54. The van der Waals surface area contributed by atoms with Crippen molar-refractivity contribution in [3.8, 4) is 5.69 Å². The van der Waals surface area contributed by atoms with E-state index in [1.165, 1.54) is 12.8 Å². The van der Waals surface area contributed by atoms with Crippen molar-refractivity contribution in [1.82, 2.24) is 20.2 Å². The van der Waals surface area contributed by atoms with E-state index in [2.05, 4.69) is 22.4 Å². The Morgan fingerprint density at radius 1 is 1.35 bits per heavy atom. The van der Waals surface area contributed by atoms with E-state index in [1.807, 2.05) is 30.3 Å². The fraction of sp³-hybridized carbons (Fsp3) is 0.533. The van der Waals surface area contributed by atoms with Crippen molar-refractivity contribution in [3.05, 3.63) is 36.2 Å². The van der Waals surface area contributed by atoms with Gasteiger partial charge >= 0.3 is 0 Å². The van der Waals surface area contributed by atoms with Crippen LogP contribution in [0.3, 0.4) is 0 Å². The van der Waals surface area contributed by atoms with Gasteiger partial charge in [-0.3, -0.25) is 0 Å². The Balaban J connectivity index is 1.84. The van der Waals surface area contributed by atoms with Crippen LogP contribution in [-0.2, 0) is 6.42 Å². The number of nitrogens with two attached hydrogens (primary N) is 1. The highest BCUT2D eigenvalue weighted by atomic mass is 15.5. The van der Waals surface area contributed by atoms with Crippen molar-refractivity contribution in [2.75, 3.05) is 0 Å². The van der Waals surface area contributed by atoms with Gasteiger partial charge in [-0.1, -0.05) is 38.0 Å². The number of hydrogen-bond donors (Lipinski definition) is 1. The van der Waals surface area contributed by atoms with Crippen LogP contribution in [0.15, 0.2) is 30.3 Å². The molecule has 2 aromatic rings. The molecule has 0 spiro atoms. The van der Waals surface area contributed by atoms with E-state index in [0.29, 0.717) is 5.92 Å². The standard InChI is InChI=1S/C15H21N5/c1-12-6-5-9-15(16,10-12)11-14-17-18-19-20(14)13-7-3-2-4-8-13/h2-4,7-8,12H,5-6,9-11,16H2,1H3. The summed E-state index contributed by atoms with van der Waals surface area (Å²) < 4.78 is 1.80. The fourth-order valence-corrected chi connectivity index (χ4v) is 3.26. The van der Waals surface area contributed by atoms with Gasteiger partial charge < -0.3 is 5.73 Å². The normalized spacial score (nSPS) is 26.6. The zero-order valence-corrected chi connectivity index (χ0v) is 11.9. The second kappa shape index (κ2) is 5.32. The Kier molecular flexibility index (Phi) is 3.53. The lowest BCUT2D eigenvalue weighted by molar-refractivity contribution is 0.231. The molecular formula is C15H21N5. The third kappa shape index (κ3) is 2.72. The molecule has 2 atom stereocenters. The first-order valence-electron chi connectivity index (χ1n) is 7.28. The van der Waals surface area contributed by atoms with Gasteiger partial charge in [-0.2, -0.15) is 4.68 Å². The molecular weight excluding hydrogens is 250 g/mol. The zero-order valence-electron chi connectivity index (χ0n) is 11.9. The van der Waals surface area contributed by atoms with Gasteiger partial charge in [-0.05, 0) is 41.3 Å². The minimum Gasteiger partial charge on any atom is -0.325 e. The summed E-state index contributed by atoms with van der Waals surface area (Å²) in [6.07, 6.45) is 5.32. The van der Waals surface area contributed by atoms with Crippen LogP contribution in [-0.4, -0.2) is 25.7 Å². The highest BCUT2D eigenvalue weighted by Crippen LogP contribution is 2.32. The van der Waals surface area contributed by atoms with Crippen molar-refractivity contribution >= 4 is 0 Å². The number of aromatic nitrogens is 4. The molecule has 0 saturated heterocycles. The summed E-state index contributed by atoms with van der Waals surface area (Å²) in [5, 5.41) is 12.1. The SMILES string of the molecule is CC1CCCC(N)(Cc2nnnn2-c2ccccc2)C1. The quantitative estimate of drug-likeness (QED) is 0.928. The summed E-state index contributed by atoms with van der Waals surface area (Å²) in [6.45, 7) is 2.28. The number of para-hydroxylation sites is 1. The molecule has 1 aliphatic rings. The average Bonchev–Trinajstić information content (AvgIpc) is 2.86. The molecule has 5 heteroatoms. The highest BCUT2D eigenvalue weighted by molar-refractivity contribution is 5.30. The molecule has 106 valence electrons. The summed E-state index contributed by atoms with van der Waals surface area (Å²) in [7, 11) is 0. The fourth-order valence-electron chi connectivity index (χ4n) is 3.26. The van der Waals surface area contributed by atoms with E-state index >= 15 is 0 Å². The number of tetrazole rings is 1. The summed E-state index contributed by atoms with van der Waals surface area (Å²) in [5.41, 5.74) is 7.40. The maximum absolute atomic E-state index is 6.58. The van der Waals surface area contributed by atoms with Crippen LogP contribution in [0.2, 0.25) is 0 Å². The molecule has 1 heterocycles. The predicted octanol–water partition coefficient (Wildman–Crippen LogP) is 2.11. The lowest BCUT2D eigenvalue weighted by atomic mass is 9.75. The minimum absolute atomic E-state index is 0.168. The number of nitrogens with zero attached hydrogens (tertiary/aromatic N) is 4. The van der Waals surface area contributed by atoms with Gasteiger partial charge in [0.15, 0.2) is 5.82 Å². The molecule has 0 aliphatic heterocycles. The van der Waals surface area contributed by atoms with E-state index in [1.54, 1.807) is 4.68 Å². The van der Waals surface area contributed by atoms with E-state index in [0.717, 1.165) is 30.8 Å². The van der Waals surface area contributed by atoms with Crippen LogP contribution >= 0.6 is 0 Å². The molecule has 2 N–H and O–H groups in total. The van der Waals surface area contributed by atoms with Gasteiger partial charge in [-0.15, -0.1) is 5.10 Å². The van der Waals surface area contributed by atoms with E-state index in [-0.39, 0.29) is 5.54 Å². The maximum atomic E-state index is 6.58. The number of benzene rings is 1. The average molecular weight is 271 g/mol. The molecule has 1 aromatic heterocycles. The van der Waals surface area contributed by atoms with Crippen LogP contribution < -0.4 is 5.73 Å². The first-order valence-corrected chi connectivity index (χ1v) is 7.28. The van der Waals surface area contributed by atoms with Gasteiger partial charge in [-0.25, -0.2) is 0 Å². The van der Waals surface area contributed by atoms with E-state index < -0.39 is 0 Å². The topological polar surface area (TPSA) is 69.6 Å². The molecule has 3 rings (SSSR count). The Morgan fingerprint density at radius 2 is 2.15 bits per heavy atom. The molecule has 20 heavy (non-hydrogen) atoms. The van der Waals surface area contributed by atoms with Crippen LogP contribution in [0.4, 0.5) is 0 Å². The molecule has 0 radical (unpaired) electrons. The van der Waals surface area contributed by atoms with Crippen molar-refractivity contribution in [2.45, 2.75) is 44.6 Å². The molecule has 1 aromatic carbocycles. The number of hydrogen-bond acceptors (Lipinski definition) is 4. The highest BCUT2D eigenvalue weighted by Gasteiger charge is 2.33. The lowest BCUT2D eigenvalue weighted by Gasteiger charge is -2.36. The first-order chi connectivity index (χ1) is 9.66. The third-order valence-corrected chi connectivity index (χ3v) is 4.17. The molecule has 1 saturated carbocycles. The molecule has 1 fully saturated rings. The van der Waals surface area contributed by atoms with Crippen LogP contribution in [0.25, 0.3) is 5.69 Å². The largest absolute Gasteiger partial charge is 0.325 e. The monoisotopic (exact) mass is 271 g/mol. The Labute approximate surface area is 119 Å². The summed E-state index contributed by atoms with van der Waals surface area (Å²) in [6, 6.07) is 9.98. The van der Waals surface area contributed by atoms with E-state index in [4.69, 9.17) is 5.73 Å². The van der Waals surface area contributed by atoms with E-state index in [9.17, 15) is 0 Å². The Bertz CT molecular complexity index is 565. The lowest BCUT2D eigenvalue weighted by Crippen LogP contribution is -2.46. The Morgan fingerprint density at radius 3 is 2.90 bits per heavy atom. The molecule has 1 aliphatic carbocycles. The van der Waals surface area contributed by atoms with Crippen LogP contribution in [0, 0.1) is 5.92 Å². The second-order valence-corrected chi connectivity index (χ2v) is 6.08. The second-order valence-electron chi connectivity index (χ2n) is 6.08.